The van der Waals surface area contributed by atoms with Crippen LogP contribution < -0.4 is 5.73 Å². The Labute approximate surface area is 96.3 Å². The second-order valence-corrected chi connectivity index (χ2v) is 4.36. The molecule has 3 N–H and O–H groups in total. The number of nitrogens with zero attached hydrogens (tertiary/aromatic N) is 2. The molecule has 0 aliphatic carbocycles. The first-order valence-electron chi connectivity index (χ1n) is 5.89. The van der Waals surface area contributed by atoms with Crippen LogP contribution in [-0.2, 0) is 4.79 Å². The molecule has 2 unspecified atom stereocenters. The van der Waals surface area contributed by atoms with Gasteiger partial charge >= 0.3 is 0 Å². The molecule has 5 nitrogen and oxygen atoms in total. The van der Waals surface area contributed by atoms with Crippen LogP contribution in [0.3, 0.4) is 0 Å². The molecule has 5 heteroatoms. The zero-order valence-corrected chi connectivity index (χ0v) is 10.0. The Morgan fingerprint density at radius 3 is 2.81 bits per heavy atom. The number of nitrogens with two attached hydrogens (primary N) is 1. The fourth-order valence-electron chi connectivity index (χ4n) is 2.21. The maximum atomic E-state index is 12.2. The van der Waals surface area contributed by atoms with Crippen LogP contribution in [0.1, 0.15) is 39.5 Å². The summed E-state index contributed by atoms with van der Waals surface area (Å²) in [5.74, 6) is -0.471. The van der Waals surface area contributed by atoms with E-state index >= 15 is 0 Å². The summed E-state index contributed by atoms with van der Waals surface area (Å²) in [6.07, 6.45) is 3.82. The topological polar surface area (TPSA) is 78.9 Å². The molecule has 0 bridgehead atoms. The SMILES string of the molecule is CCC(C(=O)N1CCCCC1C)C(N)=NO. The van der Waals surface area contributed by atoms with E-state index in [1.54, 1.807) is 0 Å². The zero-order valence-electron chi connectivity index (χ0n) is 10.0. The molecule has 1 fully saturated rings. The fourth-order valence-corrected chi connectivity index (χ4v) is 2.21. The minimum Gasteiger partial charge on any atom is -0.409 e. The van der Waals surface area contributed by atoms with Crippen molar-refractivity contribution in [1.29, 1.82) is 0 Å². The smallest absolute Gasteiger partial charge is 0.233 e. The van der Waals surface area contributed by atoms with Gasteiger partial charge in [-0.3, -0.25) is 4.79 Å². The Morgan fingerprint density at radius 1 is 1.62 bits per heavy atom. The van der Waals surface area contributed by atoms with E-state index < -0.39 is 5.92 Å². The molecule has 1 heterocycles. The van der Waals surface area contributed by atoms with Gasteiger partial charge in [0.05, 0.1) is 5.92 Å². The van der Waals surface area contributed by atoms with Gasteiger partial charge in [0.25, 0.3) is 0 Å². The molecular formula is C11H21N3O2. The van der Waals surface area contributed by atoms with Crippen molar-refractivity contribution in [1.82, 2.24) is 4.90 Å². The van der Waals surface area contributed by atoms with Crippen molar-refractivity contribution < 1.29 is 10.0 Å². The van der Waals surface area contributed by atoms with Crippen molar-refractivity contribution in [3.05, 3.63) is 0 Å². The van der Waals surface area contributed by atoms with Crippen molar-refractivity contribution >= 4 is 11.7 Å². The molecule has 92 valence electrons. The highest BCUT2D eigenvalue weighted by Crippen LogP contribution is 2.20. The molecular weight excluding hydrogens is 206 g/mol. The van der Waals surface area contributed by atoms with Crippen LogP contribution in [0.4, 0.5) is 0 Å². The second-order valence-electron chi connectivity index (χ2n) is 4.36. The molecule has 16 heavy (non-hydrogen) atoms. The Kier molecular flexibility index (Phi) is 4.58. The highest BCUT2D eigenvalue weighted by molar-refractivity contribution is 6.02. The first-order chi connectivity index (χ1) is 7.61. The summed E-state index contributed by atoms with van der Waals surface area (Å²) in [5.41, 5.74) is 5.53. The summed E-state index contributed by atoms with van der Waals surface area (Å²) in [6.45, 7) is 4.71. The lowest BCUT2D eigenvalue weighted by atomic mass is 9.98. The van der Waals surface area contributed by atoms with Crippen molar-refractivity contribution in [2.45, 2.75) is 45.6 Å². The predicted molar refractivity (Wildman–Crippen MR) is 62.2 cm³/mol. The Balaban J connectivity index is 2.74. The van der Waals surface area contributed by atoms with E-state index in [4.69, 9.17) is 10.9 Å². The quantitative estimate of drug-likeness (QED) is 0.328. The predicted octanol–water partition coefficient (Wildman–Crippen LogP) is 1.16. The van der Waals surface area contributed by atoms with Crippen LogP contribution in [0.15, 0.2) is 5.16 Å². The van der Waals surface area contributed by atoms with E-state index in [0.29, 0.717) is 6.42 Å². The van der Waals surface area contributed by atoms with Crippen molar-refractivity contribution in [3.63, 3.8) is 0 Å². The van der Waals surface area contributed by atoms with Crippen LogP contribution in [0, 0.1) is 5.92 Å². The fraction of sp³-hybridized carbons (Fsp3) is 0.818. The molecule has 0 aromatic rings. The number of amidine groups is 1. The van der Waals surface area contributed by atoms with Crippen molar-refractivity contribution in [2.24, 2.45) is 16.8 Å². The van der Waals surface area contributed by atoms with Gasteiger partial charge in [-0.2, -0.15) is 0 Å². The number of rotatable bonds is 3. The zero-order chi connectivity index (χ0) is 12.1. The Bertz CT molecular complexity index is 278. The van der Waals surface area contributed by atoms with E-state index in [1.165, 1.54) is 6.42 Å². The summed E-state index contributed by atoms with van der Waals surface area (Å²) in [6, 6.07) is 0.266. The van der Waals surface area contributed by atoms with Crippen LogP contribution >= 0.6 is 0 Å². The van der Waals surface area contributed by atoms with Crippen LogP contribution in [-0.4, -0.2) is 34.4 Å². The molecule has 1 aliphatic rings. The summed E-state index contributed by atoms with van der Waals surface area (Å²) >= 11 is 0. The molecule has 1 aliphatic heterocycles. The standard InChI is InChI=1S/C11H21N3O2/c1-3-9(10(12)13-16)11(15)14-7-5-4-6-8(14)2/h8-9,16H,3-7H2,1-2H3,(H2,12,13). The highest BCUT2D eigenvalue weighted by Gasteiger charge is 2.30. The number of carbonyl (C=O) groups excluding carboxylic acids is 1. The van der Waals surface area contributed by atoms with Gasteiger partial charge in [0.1, 0.15) is 0 Å². The van der Waals surface area contributed by atoms with Gasteiger partial charge in [-0.1, -0.05) is 12.1 Å². The average Bonchev–Trinajstić information content (AvgIpc) is 2.30. The normalized spacial score (nSPS) is 24.2. The summed E-state index contributed by atoms with van der Waals surface area (Å²) in [5, 5.41) is 11.6. The third kappa shape index (κ3) is 2.65. The monoisotopic (exact) mass is 227 g/mol. The third-order valence-electron chi connectivity index (χ3n) is 3.26. The van der Waals surface area contributed by atoms with Crippen LogP contribution in [0.2, 0.25) is 0 Å². The number of carbonyl (C=O) groups is 1. The number of amides is 1. The summed E-state index contributed by atoms with van der Waals surface area (Å²) < 4.78 is 0. The van der Waals surface area contributed by atoms with E-state index in [2.05, 4.69) is 12.1 Å². The van der Waals surface area contributed by atoms with Gasteiger partial charge < -0.3 is 15.8 Å². The first-order valence-corrected chi connectivity index (χ1v) is 5.89. The van der Waals surface area contributed by atoms with Crippen LogP contribution in [0.5, 0.6) is 0 Å². The molecule has 0 saturated carbocycles. The number of hydrogen-bond acceptors (Lipinski definition) is 3. The van der Waals surface area contributed by atoms with Gasteiger partial charge in [-0.25, -0.2) is 0 Å². The minimum atomic E-state index is -0.481. The minimum absolute atomic E-state index is 0.00926. The van der Waals surface area contributed by atoms with Crippen molar-refractivity contribution in [3.8, 4) is 0 Å². The van der Waals surface area contributed by atoms with Crippen molar-refractivity contribution in [2.75, 3.05) is 6.54 Å². The number of likely N-dealkylation sites (tertiary alicyclic amines) is 1. The highest BCUT2D eigenvalue weighted by atomic mass is 16.4. The van der Waals surface area contributed by atoms with Gasteiger partial charge in [-0.15, -0.1) is 0 Å². The molecule has 0 aromatic carbocycles. The lowest BCUT2D eigenvalue weighted by Crippen LogP contribution is -2.48. The summed E-state index contributed by atoms with van der Waals surface area (Å²) in [4.78, 5) is 14.1. The lowest BCUT2D eigenvalue weighted by molar-refractivity contribution is -0.136. The van der Waals surface area contributed by atoms with Gasteiger partial charge in [0, 0.05) is 12.6 Å². The van der Waals surface area contributed by atoms with E-state index in [0.717, 1.165) is 19.4 Å². The van der Waals surface area contributed by atoms with E-state index in [1.807, 2.05) is 11.8 Å². The van der Waals surface area contributed by atoms with Gasteiger partial charge in [-0.05, 0) is 32.6 Å². The molecule has 1 rings (SSSR count). The number of piperidine rings is 1. The largest absolute Gasteiger partial charge is 0.409 e. The Morgan fingerprint density at radius 2 is 2.31 bits per heavy atom. The van der Waals surface area contributed by atoms with E-state index in [9.17, 15) is 4.79 Å². The van der Waals surface area contributed by atoms with Gasteiger partial charge in [0.2, 0.25) is 5.91 Å². The molecule has 0 radical (unpaired) electrons. The average molecular weight is 227 g/mol. The third-order valence-corrected chi connectivity index (χ3v) is 3.26. The van der Waals surface area contributed by atoms with Crippen LogP contribution in [0.25, 0.3) is 0 Å². The van der Waals surface area contributed by atoms with Gasteiger partial charge in [0.15, 0.2) is 5.84 Å². The molecule has 1 saturated heterocycles. The number of oxime groups is 1. The summed E-state index contributed by atoms with van der Waals surface area (Å²) in [7, 11) is 0. The maximum absolute atomic E-state index is 12.2. The Hall–Kier alpha value is -1.26. The maximum Gasteiger partial charge on any atom is 0.233 e. The number of hydrogen-bond donors (Lipinski definition) is 2. The molecule has 0 spiro atoms. The first kappa shape index (κ1) is 12.8. The second kappa shape index (κ2) is 5.72. The van der Waals surface area contributed by atoms with E-state index in [-0.39, 0.29) is 17.8 Å². The molecule has 1 amide bonds. The molecule has 2 atom stereocenters. The molecule has 0 aromatic heterocycles. The lowest BCUT2D eigenvalue weighted by Gasteiger charge is -2.35.